The lowest BCUT2D eigenvalue weighted by atomic mass is 10.1. The van der Waals surface area contributed by atoms with Gasteiger partial charge in [0.2, 0.25) is 0 Å². The average molecular weight is 607 g/mol. The van der Waals surface area contributed by atoms with Crippen LogP contribution in [0.15, 0.2) is 138 Å². The minimum absolute atomic E-state index is 0.593. The van der Waals surface area contributed by atoms with E-state index in [2.05, 4.69) is 114 Å². The Labute approximate surface area is 266 Å². The number of benzene rings is 6. The first kappa shape index (κ1) is 25.4. The van der Waals surface area contributed by atoms with Gasteiger partial charge < -0.3 is 4.42 Å². The van der Waals surface area contributed by atoms with Crippen molar-refractivity contribution in [3.05, 3.63) is 134 Å². The van der Waals surface area contributed by atoms with Crippen LogP contribution in [0.1, 0.15) is 0 Å². The Bertz CT molecular complexity index is 2830. The molecule has 0 bridgehead atoms. The van der Waals surface area contributed by atoms with Crippen LogP contribution >= 0.6 is 11.3 Å². The second-order valence-corrected chi connectivity index (χ2v) is 12.6. The number of rotatable bonds is 3. The van der Waals surface area contributed by atoms with E-state index in [0.717, 1.165) is 54.9 Å². The molecule has 0 amide bonds. The van der Waals surface area contributed by atoms with Crippen LogP contribution in [0.5, 0.6) is 0 Å². The van der Waals surface area contributed by atoms with Crippen molar-refractivity contribution in [2.45, 2.75) is 0 Å². The first-order chi connectivity index (χ1) is 22.7. The molecule has 0 aliphatic heterocycles. The molecule has 46 heavy (non-hydrogen) atoms. The lowest BCUT2D eigenvalue weighted by Gasteiger charge is -2.09. The van der Waals surface area contributed by atoms with Gasteiger partial charge in [-0.3, -0.25) is 4.98 Å². The van der Waals surface area contributed by atoms with Crippen LogP contribution in [0.4, 0.5) is 0 Å². The molecule has 4 aromatic heterocycles. The molecular formula is C40H22N4OS. The van der Waals surface area contributed by atoms with Crippen LogP contribution in [-0.4, -0.2) is 19.9 Å². The van der Waals surface area contributed by atoms with Gasteiger partial charge in [0.05, 0.1) is 10.9 Å². The zero-order valence-corrected chi connectivity index (χ0v) is 25.1. The van der Waals surface area contributed by atoms with Crippen LogP contribution in [0.25, 0.3) is 97.9 Å². The van der Waals surface area contributed by atoms with Crippen molar-refractivity contribution in [1.82, 2.24) is 19.9 Å². The predicted molar refractivity (Wildman–Crippen MR) is 189 cm³/mol. The second kappa shape index (κ2) is 9.76. The molecule has 4 heterocycles. The molecule has 10 aromatic rings. The monoisotopic (exact) mass is 606 g/mol. The summed E-state index contributed by atoms with van der Waals surface area (Å²) in [4.78, 5) is 19.8. The molecule has 6 aromatic carbocycles. The van der Waals surface area contributed by atoms with E-state index >= 15 is 0 Å². The standard InChI is InChI=1S/C40H22N4OS/c1-2-7-25-20-26(12-11-23(25)6-1)38-42-39(44-40(43-38)28-13-16-30-29-9-3-4-10-34(29)46-35(30)22-28)27-14-17-31-33(21-27)45-32-18-15-24-8-5-19-41-37(24)36(31)32/h1-22H. The highest BCUT2D eigenvalue weighted by molar-refractivity contribution is 7.25. The third kappa shape index (κ3) is 3.94. The molecule has 0 atom stereocenters. The minimum atomic E-state index is 0.593. The molecule has 0 fully saturated rings. The molecule has 0 saturated carbocycles. The number of hydrogen-bond acceptors (Lipinski definition) is 6. The van der Waals surface area contributed by atoms with Crippen molar-refractivity contribution >= 4 is 75.1 Å². The Kier molecular flexibility index (Phi) is 5.38. The molecule has 0 saturated heterocycles. The summed E-state index contributed by atoms with van der Waals surface area (Å²) in [5, 5.41) is 7.94. The van der Waals surface area contributed by atoms with Gasteiger partial charge in [0.1, 0.15) is 11.2 Å². The molecule has 10 rings (SSSR count). The van der Waals surface area contributed by atoms with Gasteiger partial charge in [-0.2, -0.15) is 0 Å². The number of aromatic nitrogens is 4. The highest BCUT2D eigenvalue weighted by Gasteiger charge is 2.17. The van der Waals surface area contributed by atoms with Crippen LogP contribution in [0.3, 0.4) is 0 Å². The van der Waals surface area contributed by atoms with Crippen molar-refractivity contribution in [3.8, 4) is 34.2 Å². The Hall–Kier alpha value is -5.98. The van der Waals surface area contributed by atoms with E-state index in [4.69, 9.17) is 19.4 Å². The van der Waals surface area contributed by atoms with Crippen molar-refractivity contribution < 1.29 is 4.42 Å². The van der Waals surface area contributed by atoms with Gasteiger partial charge in [-0.15, -0.1) is 11.3 Å². The van der Waals surface area contributed by atoms with E-state index < -0.39 is 0 Å². The SMILES string of the molecule is c1ccc2cc(-c3nc(-c4ccc5c(c4)oc4ccc6cccnc6c45)nc(-c4ccc5c(c4)sc4ccccc45)n3)ccc2c1. The molecular weight excluding hydrogens is 585 g/mol. The third-order valence-electron chi connectivity index (χ3n) is 8.75. The highest BCUT2D eigenvalue weighted by atomic mass is 32.1. The third-order valence-corrected chi connectivity index (χ3v) is 9.88. The van der Waals surface area contributed by atoms with Gasteiger partial charge in [0, 0.05) is 53.8 Å². The Balaban J connectivity index is 1.18. The summed E-state index contributed by atoms with van der Waals surface area (Å²) in [6.45, 7) is 0. The van der Waals surface area contributed by atoms with Gasteiger partial charge in [-0.1, -0.05) is 78.9 Å². The zero-order chi connectivity index (χ0) is 30.2. The van der Waals surface area contributed by atoms with E-state index in [1.165, 1.54) is 25.6 Å². The highest BCUT2D eigenvalue weighted by Crippen LogP contribution is 2.38. The Morgan fingerprint density at radius 3 is 1.98 bits per heavy atom. The van der Waals surface area contributed by atoms with Crippen molar-refractivity contribution in [2.75, 3.05) is 0 Å². The van der Waals surface area contributed by atoms with E-state index in [1.54, 1.807) is 11.3 Å². The van der Waals surface area contributed by atoms with Crippen LogP contribution in [0, 0.1) is 0 Å². The van der Waals surface area contributed by atoms with E-state index in [1.807, 2.05) is 24.4 Å². The fourth-order valence-corrected chi connectivity index (χ4v) is 7.64. The Morgan fingerprint density at radius 2 is 1.11 bits per heavy atom. The normalized spacial score (nSPS) is 11.9. The first-order valence-corrected chi connectivity index (χ1v) is 15.9. The number of pyridine rings is 1. The fraction of sp³-hybridized carbons (Fsp3) is 0. The zero-order valence-electron chi connectivity index (χ0n) is 24.3. The van der Waals surface area contributed by atoms with Crippen LogP contribution < -0.4 is 0 Å². The lowest BCUT2D eigenvalue weighted by Crippen LogP contribution is -2.00. The topological polar surface area (TPSA) is 64.7 Å². The summed E-state index contributed by atoms with van der Waals surface area (Å²) in [6, 6.07) is 44.0. The maximum atomic E-state index is 6.37. The molecule has 0 N–H and O–H groups in total. The van der Waals surface area contributed by atoms with E-state index in [-0.39, 0.29) is 0 Å². The maximum Gasteiger partial charge on any atom is 0.164 e. The van der Waals surface area contributed by atoms with Gasteiger partial charge in [-0.05, 0) is 59.3 Å². The second-order valence-electron chi connectivity index (χ2n) is 11.5. The van der Waals surface area contributed by atoms with Crippen LogP contribution in [0.2, 0.25) is 0 Å². The quantitative estimate of drug-likeness (QED) is 0.200. The minimum Gasteiger partial charge on any atom is -0.456 e. The number of thiophene rings is 1. The van der Waals surface area contributed by atoms with Gasteiger partial charge >= 0.3 is 0 Å². The average Bonchev–Trinajstić information content (AvgIpc) is 3.69. The van der Waals surface area contributed by atoms with Gasteiger partial charge in [0.25, 0.3) is 0 Å². The summed E-state index contributed by atoms with van der Waals surface area (Å²) in [5.74, 6) is 1.85. The van der Waals surface area contributed by atoms with E-state index in [9.17, 15) is 0 Å². The summed E-state index contributed by atoms with van der Waals surface area (Å²) in [7, 11) is 0. The number of fused-ring (bicyclic) bond motifs is 9. The smallest absolute Gasteiger partial charge is 0.164 e. The molecule has 5 nitrogen and oxygen atoms in total. The van der Waals surface area contributed by atoms with Gasteiger partial charge in [-0.25, -0.2) is 15.0 Å². The van der Waals surface area contributed by atoms with Crippen molar-refractivity contribution in [3.63, 3.8) is 0 Å². The number of hydrogen-bond donors (Lipinski definition) is 0. The molecule has 0 unspecified atom stereocenters. The molecule has 214 valence electrons. The number of furan rings is 1. The first-order valence-electron chi connectivity index (χ1n) is 15.1. The molecule has 0 spiro atoms. The maximum absolute atomic E-state index is 6.37. The largest absolute Gasteiger partial charge is 0.456 e. The molecule has 0 aliphatic rings. The lowest BCUT2D eigenvalue weighted by molar-refractivity contribution is 0.669. The summed E-state index contributed by atoms with van der Waals surface area (Å²) in [6.07, 6.45) is 1.83. The Morgan fingerprint density at radius 1 is 0.457 bits per heavy atom. The summed E-state index contributed by atoms with van der Waals surface area (Å²) >= 11 is 1.79. The van der Waals surface area contributed by atoms with Crippen LogP contribution in [-0.2, 0) is 0 Å². The summed E-state index contributed by atoms with van der Waals surface area (Å²) in [5.41, 5.74) is 5.26. The molecule has 0 radical (unpaired) electrons. The van der Waals surface area contributed by atoms with Gasteiger partial charge in [0.15, 0.2) is 17.5 Å². The van der Waals surface area contributed by atoms with Crippen molar-refractivity contribution in [2.24, 2.45) is 0 Å². The molecule has 6 heteroatoms. The predicted octanol–water partition coefficient (Wildman–Crippen LogP) is 10.8. The van der Waals surface area contributed by atoms with E-state index in [0.29, 0.717) is 17.5 Å². The summed E-state index contributed by atoms with van der Waals surface area (Å²) < 4.78 is 8.84. The molecule has 0 aliphatic carbocycles. The number of nitrogens with zero attached hydrogens (tertiary/aromatic N) is 4. The van der Waals surface area contributed by atoms with Crippen molar-refractivity contribution in [1.29, 1.82) is 0 Å². The fourth-order valence-electron chi connectivity index (χ4n) is 6.50.